The number of nitro benzene ring substituents is 2. The second-order valence-corrected chi connectivity index (χ2v) is 5.85. The number of thioether (sulfide) groups is 1. The van der Waals surface area contributed by atoms with Gasteiger partial charge in [0.25, 0.3) is 5.69 Å². The maximum Gasteiger partial charge on any atom is 0.311 e. The molecule has 0 saturated heterocycles. The van der Waals surface area contributed by atoms with E-state index in [9.17, 15) is 30.1 Å². The average Bonchev–Trinajstić information content (AvgIpc) is 2.61. The lowest BCUT2D eigenvalue weighted by molar-refractivity contribution is -0.385. The van der Waals surface area contributed by atoms with Gasteiger partial charge in [-0.3, -0.25) is 25.0 Å². The van der Waals surface area contributed by atoms with Crippen LogP contribution < -0.4 is 5.43 Å². The summed E-state index contributed by atoms with van der Waals surface area (Å²) < 4.78 is 0. The molecule has 26 heavy (non-hydrogen) atoms. The topological polar surface area (TPSA) is 148 Å². The van der Waals surface area contributed by atoms with Gasteiger partial charge in [0.1, 0.15) is 0 Å². The van der Waals surface area contributed by atoms with Gasteiger partial charge >= 0.3 is 5.69 Å². The van der Waals surface area contributed by atoms with Gasteiger partial charge in [-0.05, 0) is 18.2 Å². The van der Waals surface area contributed by atoms with E-state index in [1.54, 1.807) is 0 Å². The minimum absolute atomic E-state index is 0.00999. The number of nitrogens with one attached hydrogen (secondary N) is 1. The fourth-order valence-electron chi connectivity index (χ4n) is 1.82. The number of carbonyl (C=O) groups excluding carboxylic acids is 1. The molecule has 10 nitrogen and oxygen atoms in total. The number of nitrogens with zero attached hydrogens (tertiary/aromatic N) is 3. The smallest absolute Gasteiger partial charge is 0.311 e. The Labute approximate surface area is 150 Å². The number of carbonyl (C=O) groups is 1. The molecule has 2 rings (SSSR count). The first-order valence-corrected chi connectivity index (χ1v) is 8.02. The van der Waals surface area contributed by atoms with Crippen LogP contribution in [0.1, 0.15) is 5.56 Å². The van der Waals surface area contributed by atoms with Gasteiger partial charge in [-0.2, -0.15) is 5.10 Å². The van der Waals surface area contributed by atoms with E-state index in [4.69, 9.17) is 0 Å². The molecular weight excluding hydrogens is 364 g/mol. The third-order valence-electron chi connectivity index (χ3n) is 3.05. The zero-order chi connectivity index (χ0) is 19.1. The van der Waals surface area contributed by atoms with Gasteiger partial charge < -0.3 is 5.11 Å². The van der Waals surface area contributed by atoms with Crippen LogP contribution in [-0.2, 0) is 4.79 Å². The highest BCUT2D eigenvalue weighted by Crippen LogP contribution is 2.27. The van der Waals surface area contributed by atoms with Gasteiger partial charge in [0.05, 0.1) is 21.8 Å². The molecule has 0 atom stereocenters. The molecule has 0 aliphatic carbocycles. The molecule has 134 valence electrons. The molecule has 0 unspecified atom stereocenters. The van der Waals surface area contributed by atoms with Crippen molar-refractivity contribution < 1.29 is 19.7 Å². The highest BCUT2D eigenvalue weighted by atomic mass is 32.2. The molecule has 0 heterocycles. The Morgan fingerprint density at radius 2 is 1.85 bits per heavy atom. The quantitative estimate of drug-likeness (QED) is 0.326. The van der Waals surface area contributed by atoms with E-state index in [-0.39, 0.29) is 17.0 Å². The van der Waals surface area contributed by atoms with Crippen molar-refractivity contribution in [2.24, 2.45) is 5.10 Å². The fourth-order valence-corrected chi connectivity index (χ4v) is 2.51. The zero-order valence-electron chi connectivity index (χ0n) is 13.1. The van der Waals surface area contributed by atoms with Gasteiger partial charge in [-0.15, -0.1) is 11.8 Å². The monoisotopic (exact) mass is 376 g/mol. The first kappa shape index (κ1) is 18.9. The van der Waals surface area contributed by atoms with Crippen molar-refractivity contribution in [3.63, 3.8) is 0 Å². The largest absolute Gasteiger partial charge is 0.502 e. The molecule has 0 aliphatic rings. The van der Waals surface area contributed by atoms with Gasteiger partial charge in [-0.1, -0.05) is 6.07 Å². The Balaban J connectivity index is 1.89. The van der Waals surface area contributed by atoms with Crippen molar-refractivity contribution in [2.75, 3.05) is 5.75 Å². The van der Waals surface area contributed by atoms with Crippen LogP contribution in [0.2, 0.25) is 0 Å². The van der Waals surface area contributed by atoms with E-state index in [1.807, 2.05) is 0 Å². The molecular formula is C15H12N4O6S. The van der Waals surface area contributed by atoms with Crippen LogP contribution >= 0.6 is 11.8 Å². The number of amides is 1. The van der Waals surface area contributed by atoms with Crippen LogP contribution in [0.4, 0.5) is 11.4 Å². The van der Waals surface area contributed by atoms with Crippen molar-refractivity contribution in [3.8, 4) is 5.75 Å². The normalized spacial score (nSPS) is 10.6. The standard InChI is InChI=1S/C15H12N4O6S/c20-14(9-26-12-6-4-11(5-7-12)18(22)23)17-16-8-10-2-1-3-13(15(10)21)19(24)25/h1-8,21H,9H2,(H,17,20)/b16-8-. The Kier molecular flexibility index (Phi) is 6.22. The van der Waals surface area contributed by atoms with Gasteiger partial charge in [0, 0.05) is 28.7 Å². The first-order valence-electron chi connectivity index (χ1n) is 7.04. The summed E-state index contributed by atoms with van der Waals surface area (Å²) in [6, 6.07) is 9.66. The van der Waals surface area contributed by atoms with Crippen LogP contribution in [0.5, 0.6) is 5.75 Å². The number of hydrazone groups is 1. The fraction of sp³-hybridized carbons (Fsp3) is 0.0667. The summed E-state index contributed by atoms with van der Waals surface area (Å²) in [5.41, 5.74) is 1.81. The summed E-state index contributed by atoms with van der Waals surface area (Å²) in [6.07, 6.45) is 1.09. The van der Waals surface area contributed by atoms with E-state index < -0.39 is 27.2 Å². The van der Waals surface area contributed by atoms with Crippen LogP contribution in [0.3, 0.4) is 0 Å². The van der Waals surface area contributed by atoms with Crippen molar-refractivity contribution in [1.82, 2.24) is 5.43 Å². The Morgan fingerprint density at radius 3 is 2.46 bits per heavy atom. The average molecular weight is 376 g/mol. The van der Waals surface area contributed by atoms with Crippen molar-refractivity contribution in [1.29, 1.82) is 0 Å². The highest BCUT2D eigenvalue weighted by molar-refractivity contribution is 8.00. The summed E-state index contributed by atoms with van der Waals surface area (Å²) in [5, 5.41) is 34.7. The maximum absolute atomic E-state index is 11.7. The molecule has 11 heteroatoms. The second-order valence-electron chi connectivity index (χ2n) is 4.80. The maximum atomic E-state index is 11.7. The first-order chi connectivity index (χ1) is 12.4. The van der Waals surface area contributed by atoms with Crippen LogP contribution in [-0.4, -0.2) is 32.8 Å². The second kappa shape index (κ2) is 8.58. The zero-order valence-corrected chi connectivity index (χ0v) is 13.9. The number of hydrogen-bond acceptors (Lipinski definition) is 8. The molecule has 2 N–H and O–H groups in total. The van der Waals surface area contributed by atoms with E-state index in [2.05, 4.69) is 10.5 Å². The van der Waals surface area contributed by atoms with Crippen molar-refractivity contribution in [2.45, 2.75) is 4.90 Å². The van der Waals surface area contributed by atoms with E-state index >= 15 is 0 Å². The number of non-ortho nitro benzene ring substituents is 1. The van der Waals surface area contributed by atoms with E-state index in [1.165, 1.54) is 36.4 Å². The van der Waals surface area contributed by atoms with Crippen molar-refractivity contribution >= 4 is 35.3 Å². The summed E-state index contributed by atoms with van der Waals surface area (Å²) in [6.45, 7) is 0. The van der Waals surface area contributed by atoms with Gasteiger partial charge in [-0.25, -0.2) is 5.43 Å². The lowest BCUT2D eigenvalue weighted by Gasteiger charge is -2.02. The summed E-state index contributed by atoms with van der Waals surface area (Å²) in [7, 11) is 0. The van der Waals surface area contributed by atoms with Crippen molar-refractivity contribution in [3.05, 3.63) is 68.3 Å². The number of phenols is 1. The number of hydrogen-bond donors (Lipinski definition) is 2. The van der Waals surface area contributed by atoms with Gasteiger partial charge in [0.15, 0.2) is 0 Å². The number of nitro groups is 2. The number of benzene rings is 2. The Hall–Kier alpha value is -3.47. The Morgan fingerprint density at radius 1 is 1.15 bits per heavy atom. The summed E-state index contributed by atoms with van der Waals surface area (Å²) in [5.74, 6) is -0.985. The number of para-hydroxylation sites is 1. The van der Waals surface area contributed by atoms with E-state index in [0.29, 0.717) is 4.90 Å². The van der Waals surface area contributed by atoms with E-state index in [0.717, 1.165) is 24.0 Å². The minimum atomic E-state index is -0.730. The summed E-state index contributed by atoms with van der Waals surface area (Å²) >= 11 is 1.16. The SMILES string of the molecule is O=C(CSc1ccc([N+](=O)[O-])cc1)N/N=C\c1cccc([N+](=O)[O-])c1O. The minimum Gasteiger partial charge on any atom is -0.502 e. The summed E-state index contributed by atoms with van der Waals surface area (Å²) in [4.78, 5) is 32.4. The predicted molar refractivity (Wildman–Crippen MR) is 94.3 cm³/mol. The number of rotatable bonds is 7. The molecule has 2 aromatic carbocycles. The molecule has 0 fully saturated rings. The number of phenolic OH excluding ortho intramolecular Hbond substituents is 1. The molecule has 0 aliphatic heterocycles. The molecule has 2 aromatic rings. The lowest BCUT2D eigenvalue weighted by atomic mass is 10.2. The molecule has 0 radical (unpaired) electrons. The number of aromatic hydroxyl groups is 1. The van der Waals surface area contributed by atoms with Crippen LogP contribution in [0.25, 0.3) is 0 Å². The molecule has 0 aromatic heterocycles. The predicted octanol–water partition coefficient (Wildman–Crippen LogP) is 2.45. The molecule has 0 bridgehead atoms. The van der Waals surface area contributed by atoms with Crippen LogP contribution in [0.15, 0.2) is 52.5 Å². The highest BCUT2D eigenvalue weighted by Gasteiger charge is 2.15. The molecule has 1 amide bonds. The third kappa shape index (κ3) is 5.01. The third-order valence-corrected chi connectivity index (χ3v) is 4.07. The lowest BCUT2D eigenvalue weighted by Crippen LogP contribution is -2.19. The molecule has 0 spiro atoms. The van der Waals surface area contributed by atoms with Gasteiger partial charge in [0.2, 0.25) is 11.7 Å². The molecule has 0 saturated carbocycles. The Bertz CT molecular complexity index is 869. The van der Waals surface area contributed by atoms with Crippen LogP contribution in [0, 0.1) is 20.2 Å².